The molecule has 1 aliphatic rings. The van der Waals surface area contributed by atoms with Crippen molar-refractivity contribution in [2.75, 3.05) is 5.32 Å². The number of rotatable bonds is 3. The van der Waals surface area contributed by atoms with Gasteiger partial charge in [0.2, 0.25) is 5.91 Å². The van der Waals surface area contributed by atoms with Crippen LogP contribution in [0.1, 0.15) is 35.8 Å². The van der Waals surface area contributed by atoms with E-state index in [-0.39, 0.29) is 17.6 Å². The number of aryl methyl sites for hydroxylation is 1. The van der Waals surface area contributed by atoms with Crippen molar-refractivity contribution in [1.29, 1.82) is 0 Å². The molecule has 1 fully saturated rings. The molecule has 0 aromatic carbocycles. The molecule has 2 aromatic rings. The van der Waals surface area contributed by atoms with Crippen molar-refractivity contribution in [3.8, 4) is 0 Å². The van der Waals surface area contributed by atoms with Crippen molar-refractivity contribution < 1.29 is 9.59 Å². The monoisotopic (exact) mass is 315 g/mol. The van der Waals surface area contributed by atoms with E-state index in [1.165, 1.54) is 23.3 Å². The number of nitrogens with zero attached hydrogens (tertiary/aromatic N) is 4. The van der Waals surface area contributed by atoms with Gasteiger partial charge in [-0.05, 0) is 13.8 Å². The van der Waals surface area contributed by atoms with Gasteiger partial charge in [0.15, 0.2) is 6.29 Å². The maximum Gasteiger partial charge on any atom is 0.277 e. The first-order valence-corrected chi connectivity index (χ1v) is 7.22. The van der Waals surface area contributed by atoms with Crippen LogP contribution in [0, 0.1) is 6.92 Å². The van der Waals surface area contributed by atoms with E-state index in [1.54, 1.807) is 6.07 Å². The Balaban J connectivity index is 1.83. The number of hydrogen-bond donors (Lipinski definition) is 3. The first-order valence-electron chi connectivity index (χ1n) is 7.22. The predicted octanol–water partition coefficient (Wildman–Crippen LogP) is 0.188. The zero-order chi connectivity index (χ0) is 16.4. The first kappa shape index (κ1) is 15.1. The Hall–Kier alpha value is -2.81. The summed E-state index contributed by atoms with van der Waals surface area (Å²) in [5, 5.41) is 13.1. The van der Waals surface area contributed by atoms with Gasteiger partial charge < -0.3 is 10.6 Å². The third kappa shape index (κ3) is 3.34. The van der Waals surface area contributed by atoms with Crippen LogP contribution in [0.4, 0.5) is 5.82 Å². The van der Waals surface area contributed by atoms with Crippen molar-refractivity contribution in [3.63, 3.8) is 0 Å². The van der Waals surface area contributed by atoms with Crippen molar-refractivity contribution >= 4 is 17.6 Å². The number of hydrogen-bond acceptors (Lipinski definition) is 6. The Morgan fingerprint density at radius 2 is 2.26 bits per heavy atom. The Labute approximate surface area is 132 Å². The van der Waals surface area contributed by atoms with Crippen LogP contribution in [-0.4, -0.2) is 37.6 Å². The fraction of sp³-hybridized carbons (Fsp3) is 0.357. The molecule has 3 heterocycles. The Bertz CT molecular complexity index is 728. The van der Waals surface area contributed by atoms with E-state index < -0.39 is 12.2 Å². The molecule has 2 amide bonds. The topological polar surface area (TPSA) is 114 Å². The van der Waals surface area contributed by atoms with E-state index >= 15 is 0 Å². The summed E-state index contributed by atoms with van der Waals surface area (Å²) in [6, 6.07) is 1.74. The van der Waals surface area contributed by atoms with Crippen LogP contribution >= 0.6 is 0 Å². The molecule has 0 aliphatic carbocycles. The average molecular weight is 315 g/mol. The lowest BCUT2D eigenvalue weighted by atomic mass is 10.2. The maximum atomic E-state index is 12.2. The van der Waals surface area contributed by atoms with Crippen molar-refractivity contribution in [2.45, 2.75) is 32.6 Å². The summed E-state index contributed by atoms with van der Waals surface area (Å²) in [4.78, 5) is 31.8. The van der Waals surface area contributed by atoms with E-state index in [4.69, 9.17) is 0 Å². The molecule has 0 saturated carbocycles. The van der Waals surface area contributed by atoms with Crippen molar-refractivity contribution in [3.05, 3.63) is 36.0 Å². The number of carbonyl (C=O) groups excluding carboxylic acids is 2. The molecule has 0 bridgehead atoms. The van der Waals surface area contributed by atoms with Gasteiger partial charge in [-0.15, -0.1) is 0 Å². The van der Waals surface area contributed by atoms with E-state index in [1.807, 2.05) is 13.8 Å². The van der Waals surface area contributed by atoms with Gasteiger partial charge in [-0.25, -0.2) is 9.67 Å². The summed E-state index contributed by atoms with van der Waals surface area (Å²) in [5.74, 6) is 0.0000862. The Morgan fingerprint density at radius 1 is 1.43 bits per heavy atom. The number of anilines is 1. The fourth-order valence-electron chi connectivity index (χ4n) is 2.39. The largest absolute Gasteiger partial charge is 0.322 e. The lowest BCUT2D eigenvalue weighted by molar-refractivity contribution is -0.125. The summed E-state index contributed by atoms with van der Waals surface area (Å²) < 4.78 is 1.54. The second kappa shape index (κ2) is 6.13. The van der Waals surface area contributed by atoms with Gasteiger partial charge in [0.25, 0.3) is 5.91 Å². The van der Waals surface area contributed by atoms with E-state index in [0.717, 1.165) is 0 Å². The zero-order valence-corrected chi connectivity index (χ0v) is 12.8. The molecule has 120 valence electrons. The van der Waals surface area contributed by atoms with Gasteiger partial charge in [-0.3, -0.25) is 19.9 Å². The third-order valence-electron chi connectivity index (χ3n) is 3.37. The number of nitrogens with one attached hydrogen (secondary N) is 3. The van der Waals surface area contributed by atoms with Crippen LogP contribution in [0.3, 0.4) is 0 Å². The second-order valence-corrected chi connectivity index (χ2v) is 5.40. The highest BCUT2D eigenvalue weighted by Gasteiger charge is 2.26. The smallest absolute Gasteiger partial charge is 0.277 e. The van der Waals surface area contributed by atoms with Crippen LogP contribution in [0.5, 0.6) is 0 Å². The predicted molar refractivity (Wildman–Crippen MR) is 81.3 cm³/mol. The lowest BCUT2D eigenvalue weighted by Gasteiger charge is -2.30. The molecular formula is C14H17N7O2. The average Bonchev–Trinajstić information content (AvgIpc) is 2.88. The zero-order valence-electron chi connectivity index (χ0n) is 12.8. The summed E-state index contributed by atoms with van der Waals surface area (Å²) in [6.45, 7) is 3.72. The Kier molecular flexibility index (Phi) is 4.02. The van der Waals surface area contributed by atoms with Crippen LogP contribution in [0.2, 0.25) is 0 Å². The number of amides is 2. The standard InChI is InChI=1S/C14H17N7O2/c1-8-6-12(22)19-14(17-8)21-11(5-9(2)20-21)18-13(23)10-7-15-3-4-16-10/h3-5,7-8,14,17H,6H2,1-2H3,(H,18,23)(H,19,22). The minimum absolute atomic E-state index is 0.0156. The van der Waals surface area contributed by atoms with E-state index in [2.05, 4.69) is 31.0 Å². The highest BCUT2D eigenvalue weighted by Crippen LogP contribution is 2.17. The molecule has 2 aromatic heterocycles. The molecule has 1 aliphatic heterocycles. The SMILES string of the molecule is Cc1cc(NC(=O)c2cnccn2)n(C2NC(=O)CC(C)N2)n1. The summed E-state index contributed by atoms with van der Waals surface area (Å²) in [5.41, 5.74) is 0.917. The minimum atomic E-state index is -0.517. The van der Waals surface area contributed by atoms with Gasteiger partial charge in [0.05, 0.1) is 11.9 Å². The maximum absolute atomic E-state index is 12.2. The van der Waals surface area contributed by atoms with Gasteiger partial charge in [0, 0.05) is 30.9 Å². The molecule has 9 heteroatoms. The summed E-state index contributed by atoms with van der Waals surface area (Å²) in [7, 11) is 0. The van der Waals surface area contributed by atoms with Crippen LogP contribution in [-0.2, 0) is 4.79 Å². The highest BCUT2D eigenvalue weighted by atomic mass is 16.2. The number of aromatic nitrogens is 4. The van der Waals surface area contributed by atoms with Gasteiger partial charge in [0.1, 0.15) is 11.5 Å². The highest BCUT2D eigenvalue weighted by molar-refractivity contribution is 6.02. The van der Waals surface area contributed by atoms with Crippen molar-refractivity contribution in [1.82, 2.24) is 30.4 Å². The van der Waals surface area contributed by atoms with Crippen molar-refractivity contribution in [2.24, 2.45) is 0 Å². The first-order chi connectivity index (χ1) is 11.0. The summed E-state index contributed by atoms with van der Waals surface area (Å²) in [6.07, 6.45) is 4.21. The molecule has 9 nitrogen and oxygen atoms in total. The molecule has 3 N–H and O–H groups in total. The molecule has 1 saturated heterocycles. The molecule has 23 heavy (non-hydrogen) atoms. The quantitative estimate of drug-likeness (QED) is 0.745. The van der Waals surface area contributed by atoms with Crippen LogP contribution in [0.25, 0.3) is 0 Å². The molecule has 2 atom stereocenters. The molecule has 0 spiro atoms. The lowest BCUT2D eigenvalue weighted by Crippen LogP contribution is -2.52. The van der Waals surface area contributed by atoms with Gasteiger partial charge >= 0.3 is 0 Å². The van der Waals surface area contributed by atoms with Gasteiger partial charge in [-0.2, -0.15) is 5.10 Å². The van der Waals surface area contributed by atoms with E-state index in [0.29, 0.717) is 17.9 Å². The third-order valence-corrected chi connectivity index (χ3v) is 3.37. The molecule has 2 unspecified atom stereocenters. The molecule has 3 rings (SSSR count). The fourth-order valence-corrected chi connectivity index (χ4v) is 2.39. The van der Waals surface area contributed by atoms with Crippen LogP contribution < -0.4 is 16.0 Å². The Morgan fingerprint density at radius 3 is 2.96 bits per heavy atom. The second-order valence-electron chi connectivity index (χ2n) is 5.40. The molecular weight excluding hydrogens is 298 g/mol. The molecule has 0 radical (unpaired) electrons. The van der Waals surface area contributed by atoms with Crippen LogP contribution in [0.15, 0.2) is 24.7 Å². The summed E-state index contributed by atoms with van der Waals surface area (Å²) >= 11 is 0. The van der Waals surface area contributed by atoms with Gasteiger partial charge in [-0.1, -0.05) is 0 Å². The minimum Gasteiger partial charge on any atom is -0.322 e. The van der Waals surface area contributed by atoms with E-state index in [9.17, 15) is 9.59 Å². The normalized spacial score (nSPS) is 20.9. The number of carbonyl (C=O) groups is 2.